The average molecular weight is 364 g/mol. The van der Waals surface area contributed by atoms with Crippen LogP contribution in [-0.2, 0) is 29.2 Å². The van der Waals surface area contributed by atoms with E-state index in [9.17, 15) is 18.0 Å². The summed E-state index contributed by atoms with van der Waals surface area (Å²) in [5, 5.41) is -1.95. The van der Waals surface area contributed by atoms with Gasteiger partial charge in [-0.05, 0) is 12.8 Å². The highest BCUT2D eigenvalue weighted by Crippen LogP contribution is 2.10. The van der Waals surface area contributed by atoms with Crippen LogP contribution in [0.2, 0.25) is 0 Å². The summed E-state index contributed by atoms with van der Waals surface area (Å²) in [6.45, 7) is 5.65. The van der Waals surface area contributed by atoms with E-state index in [2.05, 4.69) is 13.5 Å². The maximum atomic E-state index is 11.8. The first-order chi connectivity index (χ1) is 11.3. The molecule has 0 spiro atoms. The van der Waals surface area contributed by atoms with Crippen LogP contribution in [0.25, 0.3) is 0 Å². The van der Waals surface area contributed by atoms with E-state index >= 15 is 0 Å². The van der Waals surface area contributed by atoms with E-state index in [0.717, 1.165) is 32.1 Å². The first-order valence-corrected chi connectivity index (χ1v) is 9.72. The van der Waals surface area contributed by atoms with Crippen molar-refractivity contribution in [1.29, 1.82) is 0 Å². The Kier molecular flexibility index (Phi) is 12.2. The van der Waals surface area contributed by atoms with Gasteiger partial charge in [0.15, 0.2) is 5.25 Å². The Morgan fingerprint density at radius 1 is 1.08 bits per heavy atom. The Hall–Kier alpha value is -1.41. The number of esters is 2. The van der Waals surface area contributed by atoms with Crippen molar-refractivity contribution in [3.05, 3.63) is 12.7 Å². The van der Waals surface area contributed by atoms with Gasteiger partial charge >= 0.3 is 11.9 Å². The molecular formula is C16H28O7S. The molecule has 0 heterocycles. The summed E-state index contributed by atoms with van der Waals surface area (Å²) in [5.74, 6) is -2.03. The normalized spacial score (nSPS) is 12.4. The largest absolute Gasteiger partial charge is 0.465 e. The zero-order valence-electron chi connectivity index (χ0n) is 14.2. The summed E-state index contributed by atoms with van der Waals surface area (Å²) in [4.78, 5) is 23.3. The Balaban J connectivity index is 4.28. The van der Waals surface area contributed by atoms with E-state index in [4.69, 9.17) is 14.0 Å². The molecule has 0 saturated carbocycles. The Labute approximate surface area is 144 Å². The van der Waals surface area contributed by atoms with Crippen LogP contribution < -0.4 is 0 Å². The number of carbonyl (C=O) groups excluding carboxylic acids is 2. The molecule has 0 aliphatic carbocycles. The van der Waals surface area contributed by atoms with Crippen LogP contribution in [0.1, 0.15) is 58.3 Å². The molecular weight excluding hydrogens is 336 g/mol. The molecule has 0 aromatic rings. The van der Waals surface area contributed by atoms with Crippen LogP contribution in [0, 0.1) is 0 Å². The molecule has 0 radical (unpaired) electrons. The lowest BCUT2D eigenvalue weighted by molar-refractivity contribution is -0.150. The standard InChI is InChI=1S/C16H28O7S/c1-3-5-7-8-9-10-12-23-16(18)14(24(19,20)21)13-15(17)22-11-6-4-2/h4,14H,2-3,5-13H2,1H3,(H,19,20,21). The highest BCUT2D eigenvalue weighted by atomic mass is 32.2. The third kappa shape index (κ3) is 11.2. The Bertz CT molecular complexity index is 485. The summed E-state index contributed by atoms with van der Waals surface area (Å²) >= 11 is 0. The molecule has 0 bridgehead atoms. The minimum atomic E-state index is -4.74. The molecule has 140 valence electrons. The molecule has 24 heavy (non-hydrogen) atoms. The summed E-state index contributed by atoms with van der Waals surface area (Å²) in [5.41, 5.74) is 0. The van der Waals surface area contributed by atoms with Gasteiger partial charge in [0.2, 0.25) is 0 Å². The number of carbonyl (C=O) groups is 2. The summed E-state index contributed by atoms with van der Waals surface area (Å²) < 4.78 is 41.3. The van der Waals surface area contributed by atoms with Crippen molar-refractivity contribution >= 4 is 22.1 Å². The first kappa shape index (κ1) is 22.6. The molecule has 0 amide bonds. The van der Waals surface area contributed by atoms with Crippen molar-refractivity contribution in [2.24, 2.45) is 0 Å². The van der Waals surface area contributed by atoms with E-state index in [1.807, 2.05) is 0 Å². The van der Waals surface area contributed by atoms with Gasteiger partial charge in [-0.3, -0.25) is 14.1 Å². The summed E-state index contributed by atoms with van der Waals surface area (Å²) in [7, 11) is -4.74. The zero-order valence-corrected chi connectivity index (χ0v) is 15.1. The number of hydrogen-bond acceptors (Lipinski definition) is 6. The summed E-state index contributed by atoms with van der Waals surface area (Å²) in [6, 6.07) is 0. The van der Waals surface area contributed by atoms with Crippen LogP contribution >= 0.6 is 0 Å². The van der Waals surface area contributed by atoms with E-state index in [0.29, 0.717) is 12.8 Å². The number of ether oxygens (including phenoxy) is 2. The van der Waals surface area contributed by atoms with Crippen molar-refractivity contribution in [3.63, 3.8) is 0 Å². The van der Waals surface area contributed by atoms with Gasteiger partial charge < -0.3 is 9.47 Å². The van der Waals surface area contributed by atoms with Crippen LogP contribution in [0.15, 0.2) is 12.7 Å². The van der Waals surface area contributed by atoms with Crippen LogP contribution in [-0.4, -0.2) is 43.4 Å². The van der Waals surface area contributed by atoms with E-state index in [-0.39, 0.29) is 13.2 Å². The number of rotatable bonds is 14. The molecule has 1 N–H and O–H groups in total. The van der Waals surface area contributed by atoms with Gasteiger partial charge in [0.05, 0.1) is 19.6 Å². The molecule has 0 aromatic carbocycles. The van der Waals surface area contributed by atoms with Gasteiger partial charge in [0, 0.05) is 0 Å². The molecule has 0 aromatic heterocycles. The predicted octanol–water partition coefficient (Wildman–Crippen LogP) is 2.66. The van der Waals surface area contributed by atoms with Crippen molar-refractivity contribution in [3.8, 4) is 0 Å². The van der Waals surface area contributed by atoms with Gasteiger partial charge in [-0.25, -0.2) is 0 Å². The topological polar surface area (TPSA) is 107 Å². The second kappa shape index (κ2) is 12.9. The van der Waals surface area contributed by atoms with Crippen molar-refractivity contribution < 1.29 is 32.0 Å². The maximum Gasteiger partial charge on any atom is 0.327 e. The Morgan fingerprint density at radius 3 is 2.29 bits per heavy atom. The van der Waals surface area contributed by atoms with Gasteiger partial charge in [-0.2, -0.15) is 8.42 Å². The van der Waals surface area contributed by atoms with Gasteiger partial charge in [0.25, 0.3) is 10.1 Å². The quantitative estimate of drug-likeness (QED) is 0.218. The van der Waals surface area contributed by atoms with Gasteiger partial charge in [-0.15, -0.1) is 6.58 Å². The van der Waals surface area contributed by atoms with Crippen molar-refractivity contribution in [1.82, 2.24) is 0 Å². The fourth-order valence-electron chi connectivity index (χ4n) is 1.92. The number of hydrogen-bond donors (Lipinski definition) is 1. The smallest absolute Gasteiger partial charge is 0.327 e. The van der Waals surface area contributed by atoms with Crippen molar-refractivity contribution in [2.45, 2.75) is 63.5 Å². The van der Waals surface area contributed by atoms with Gasteiger partial charge in [-0.1, -0.05) is 45.1 Å². The number of unbranched alkanes of at least 4 members (excludes halogenated alkanes) is 5. The minimum Gasteiger partial charge on any atom is -0.465 e. The molecule has 1 unspecified atom stereocenters. The molecule has 0 fully saturated rings. The maximum absolute atomic E-state index is 11.8. The second-order valence-electron chi connectivity index (χ2n) is 5.44. The molecule has 0 rings (SSSR count). The molecule has 7 nitrogen and oxygen atoms in total. The summed E-state index contributed by atoms with van der Waals surface area (Å²) in [6.07, 6.45) is 7.05. The third-order valence-corrected chi connectivity index (χ3v) is 4.38. The third-order valence-electron chi connectivity index (χ3n) is 3.30. The van der Waals surface area contributed by atoms with Crippen LogP contribution in [0.3, 0.4) is 0 Å². The zero-order chi connectivity index (χ0) is 18.4. The minimum absolute atomic E-state index is 0.0351. The van der Waals surface area contributed by atoms with E-state index in [1.54, 1.807) is 0 Å². The first-order valence-electron chi connectivity index (χ1n) is 8.22. The molecule has 0 aliphatic rings. The Morgan fingerprint density at radius 2 is 1.71 bits per heavy atom. The fourth-order valence-corrected chi connectivity index (χ4v) is 2.58. The SMILES string of the molecule is C=CCCOC(=O)CC(C(=O)OCCCCCCCC)S(=O)(=O)O. The molecule has 8 heteroatoms. The van der Waals surface area contributed by atoms with E-state index in [1.165, 1.54) is 6.08 Å². The van der Waals surface area contributed by atoms with Crippen LogP contribution in [0.4, 0.5) is 0 Å². The van der Waals surface area contributed by atoms with Crippen LogP contribution in [0.5, 0.6) is 0 Å². The van der Waals surface area contributed by atoms with Crippen molar-refractivity contribution in [2.75, 3.05) is 13.2 Å². The fraction of sp³-hybridized carbons (Fsp3) is 0.750. The highest BCUT2D eigenvalue weighted by Gasteiger charge is 2.35. The van der Waals surface area contributed by atoms with E-state index < -0.39 is 33.7 Å². The lowest BCUT2D eigenvalue weighted by Gasteiger charge is -2.13. The second-order valence-corrected chi connectivity index (χ2v) is 7.04. The predicted molar refractivity (Wildman–Crippen MR) is 90.1 cm³/mol. The lowest BCUT2D eigenvalue weighted by atomic mass is 10.1. The monoisotopic (exact) mass is 364 g/mol. The molecule has 0 saturated heterocycles. The average Bonchev–Trinajstić information content (AvgIpc) is 2.50. The highest BCUT2D eigenvalue weighted by molar-refractivity contribution is 7.87. The molecule has 0 aliphatic heterocycles. The van der Waals surface area contributed by atoms with Gasteiger partial charge in [0.1, 0.15) is 0 Å². The molecule has 1 atom stereocenters. The lowest BCUT2D eigenvalue weighted by Crippen LogP contribution is -2.34.